The Kier molecular flexibility index (Phi) is 8.31. The fourth-order valence-electron chi connectivity index (χ4n) is 4.27. The molecule has 196 valence electrons. The van der Waals surface area contributed by atoms with Gasteiger partial charge in [0, 0.05) is 24.3 Å². The highest BCUT2D eigenvalue weighted by Gasteiger charge is 2.25. The number of carbonyl (C=O) groups excluding carboxylic acids is 1. The molecule has 1 aliphatic heterocycles. The molecule has 0 unspecified atom stereocenters. The standard InChI is InChI=1S/C27H31N3O5S2/c1-36(32,33)30(21-22-9-5-4-6-10-22)25-15-11-23(12-16-25)27(31)28-24-13-17-26(18-14-24)37(34,35)29-19-7-2-3-8-20-29/h4-6,9-18H,2-3,7-8,19-21H2,1H3,(H,28,31). The second kappa shape index (κ2) is 11.5. The first-order valence-electron chi connectivity index (χ1n) is 12.2. The molecule has 8 nitrogen and oxygen atoms in total. The van der Waals surface area contributed by atoms with Crippen LogP contribution in [-0.2, 0) is 26.6 Å². The van der Waals surface area contributed by atoms with Gasteiger partial charge in [-0.25, -0.2) is 16.8 Å². The van der Waals surface area contributed by atoms with E-state index in [2.05, 4.69) is 5.32 Å². The largest absolute Gasteiger partial charge is 0.322 e. The number of sulfonamides is 2. The summed E-state index contributed by atoms with van der Waals surface area (Å²) in [6, 6.07) is 21.7. The van der Waals surface area contributed by atoms with E-state index in [1.165, 1.54) is 20.7 Å². The molecule has 4 rings (SSSR count). The molecular weight excluding hydrogens is 510 g/mol. The molecule has 1 N–H and O–H groups in total. The number of nitrogens with one attached hydrogen (secondary N) is 1. The van der Waals surface area contributed by atoms with Gasteiger partial charge in [0.05, 0.1) is 23.4 Å². The third-order valence-corrected chi connectivity index (χ3v) is 9.36. The molecule has 1 aliphatic rings. The van der Waals surface area contributed by atoms with Crippen molar-refractivity contribution in [2.24, 2.45) is 0 Å². The monoisotopic (exact) mass is 541 g/mol. The second-order valence-corrected chi connectivity index (χ2v) is 12.9. The van der Waals surface area contributed by atoms with Crippen molar-refractivity contribution in [3.8, 4) is 0 Å². The molecule has 1 amide bonds. The Morgan fingerprint density at radius 2 is 1.41 bits per heavy atom. The van der Waals surface area contributed by atoms with E-state index in [-0.39, 0.29) is 17.3 Å². The smallest absolute Gasteiger partial charge is 0.255 e. The Balaban J connectivity index is 1.44. The average molecular weight is 542 g/mol. The van der Waals surface area contributed by atoms with Crippen molar-refractivity contribution in [1.29, 1.82) is 0 Å². The Hall–Kier alpha value is -3.21. The second-order valence-electron chi connectivity index (χ2n) is 9.10. The van der Waals surface area contributed by atoms with Gasteiger partial charge in [0.25, 0.3) is 5.91 Å². The maximum Gasteiger partial charge on any atom is 0.255 e. The van der Waals surface area contributed by atoms with Crippen LogP contribution in [0.4, 0.5) is 11.4 Å². The third-order valence-electron chi connectivity index (χ3n) is 6.30. The minimum Gasteiger partial charge on any atom is -0.322 e. The lowest BCUT2D eigenvalue weighted by molar-refractivity contribution is 0.102. The zero-order valence-corrected chi connectivity index (χ0v) is 22.3. The molecule has 1 fully saturated rings. The molecule has 3 aromatic rings. The summed E-state index contributed by atoms with van der Waals surface area (Å²) in [5.74, 6) is -0.386. The number of benzene rings is 3. The molecule has 1 heterocycles. The number of anilines is 2. The van der Waals surface area contributed by atoms with Gasteiger partial charge in [0.15, 0.2) is 0 Å². The Labute approximate surface area is 219 Å². The molecule has 0 radical (unpaired) electrons. The van der Waals surface area contributed by atoms with E-state index in [1.54, 1.807) is 36.4 Å². The van der Waals surface area contributed by atoms with Crippen LogP contribution in [0.5, 0.6) is 0 Å². The third kappa shape index (κ3) is 6.76. The zero-order valence-electron chi connectivity index (χ0n) is 20.7. The minimum absolute atomic E-state index is 0.178. The normalized spacial score (nSPS) is 15.1. The molecule has 0 bridgehead atoms. The van der Waals surface area contributed by atoms with Crippen molar-refractivity contribution in [2.75, 3.05) is 29.0 Å². The molecule has 37 heavy (non-hydrogen) atoms. The van der Waals surface area contributed by atoms with Crippen molar-refractivity contribution in [3.05, 3.63) is 90.0 Å². The Bertz CT molecular complexity index is 1420. The first-order chi connectivity index (χ1) is 17.6. The minimum atomic E-state index is -3.56. The first-order valence-corrected chi connectivity index (χ1v) is 15.5. The summed E-state index contributed by atoms with van der Waals surface area (Å²) in [6.07, 6.45) is 4.95. The van der Waals surface area contributed by atoms with Gasteiger partial charge < -0.3 is 5.32 Å². The summed E-state index contributed by atoms with van der Waals surface area (Å²) in [6.45, 7) is 1.23. The molecule has 1 saturated heterocycles. The first kappa shape index (κ1) is 26.8. The lowest BCUT2D eigenvalue weighted by Crippen LogP contribution is -2.31. The van der Waals surface area contributed by atoms with E-state index in [4.69, 9.17) is 0 Å². The summed E-state index contributed by atoms with van der Waals surface area (Å²) in [5, 5.41) is 2.77. The molecule has 0 aromatic heterocycles. The lowest BCUT2D eigenvalue weighted by Gasteiger charge is -2.22. The molecule has 0 aliphatic carbocycles. The van der Waals surface area contributed by atoms with Crippen LogP contribution in [0.15, 0.2) is 83.8 Å². The summed E-state index contributed by atoms with van der Waals surface area (Å²) in [4.78, 5) is 13.0. The summed E-state index contributed by atoms with van der Waals surface area (Å²) < 4.78 is 53.6. The fraction of sp³-hybridized carbons (Fsp3) is 0.296. The Morgan fingerprint density at radius 3 is 1.97 bits per heavy atom. The van der Waals surface area contributed by atoms with Crippen molar-refractivity contribution < 1.29 is 21.6 Å². The van der Waals surface area contributed by atoms with Crippen molar-refractivity contribution in [2.45, 2.75) is 37.1 Å². The summed E-state index contributed by atoms with van der Waals surface area (Å²) >= 11 is 0. The predicted molar refractivity (Wildman–Crippen MR) is 146 cm³/mol. The number of hydrogen-bond acceptors (Lipinski definition) is 5. The van der Waals surface area contributed by atoms with Gasteiger partial charge in [-0.2, -0.15) is 4.31 Å². The molecule has 3 aromatic carbocycles. The van der Waals surface area contributed by atoms with Gasteiger partial charge in [0.2, 0.25) is 20.0 Å². The summed E-state index contributed by atoms with van der Waals surface area (Å²) in [5.41, 5.74) is 2.10. The van der Waals surface area contributed by atoms with Gasteiger partial charge in [-0.3, -0.25) is 9.10 Å². The van der Waals surface area contributed by atoms with Gasteiger partial charge >= 0.3 is 0 Å². The molecule has 10 heteroatoms. The molecular formula is C27H31N3O5S2. The maximum absolute atomic E-state index is 13.0. The lowest BCUT2D eigenvalue weighted by atomic mass is 10.1. The fourth-order valence-corrected chi connectivity index (χ4v) is 6.68. The predicted octanol–water partition coefficient (Wildman–Crippen LogP) is 4.47. The van der Waals surface area contributed by atoms with Crippen LogP contribution in [0.25, 0.3) is 0 Å². The van der Waals surface area contributed by atoms with Crippen LogP contribution >= 0.6 is 0 Å². The van der Waals surface area contributed by atoms with E-state index in [0.717, 1.165) is 37.5 Å². The number of nitrogens with zero attached hydrogens (tertiary/aromatic N) is 2. The van der Waals surface area contributed by atoms with Crippen LogP contribution in [0.3, 0.4) is 0 Å². The van der Waals surface area contributed by atoms with Crippen LogP contribution in [0.1, 0.15) is 41.6 Å². The highest BCUT2D eigenvalue weighted by molar-refractivity contribution is 7.92. The van der Waals surface area contributed by atoms with Crippen LogP contribution in [-0.4, -0.2) is 46.4 Å². The summed E-state index contributed by atoms with van der Waals surface area (Å²) in [7, 11) is -7.11. The average Bonchev–Trinajstić information content (AvgIpc) is 3.18. The van der Waals surface area contributed by atoms with Gasteiger partial charge in [-0.15, -0.1) is 0 Å². The van der Waals surface area contributed by atoms with Gasteiger partial charge in [0.1, 0.15) is 0 Å². The quantitative estimate of drug-likeness (QED) is 0.453. The van der Waals surface area contributed by atoms with Crippen LogP contribution in [0.2, 0.25) is 0 Å². The molecule has 0 saturated carbocycles. The van der Waals surface area contributed by atoms with E-state index in [1.807, 2.05) is 30.3 Å². The Morgan fingerprint density at radius 1 is 0.811 bits per heavy atom. The number of carbonyl (C=O) groups is 1. The van der Waals surface area contributed by atoms with Crippen molar-refractivity contribution in [3.63, 3.8) is 0 Å². The van der Waals surface area contributed by atoms with Crippen LogP contribution in [0, 0.1) is 0 Å². The zero-order chi connectivity index (χ0) is 26.5. The molecule has 0 spiro atoms. The number of rotatable bonds is 8. The number of amides is 1. The SMILES string of the molecule is CS(=O)(=O)N(Cc1ccccc1)c1ccc(C(=O)Nc2ccc(S(=O)(=O)N3CCCCCC3)cc2)cc1. The maximum atomic E-state index is 13.0. The number of hydrogen-bond donors (Lipinski definition) is 1. The topological polar surface area (TPSA) is 104 Å². The van der Waals surface area contributed by atoms with E-state index < -0.39 is 20.0 Å². The van der Waals surface area contributed by atoms with Crippen molar-refractivity contribution >= 4 is 37.3 Å². The highest BCUT2D eigenvalue weighted by atomic mass is 32.2. The van der Waals surface area contributed by atoms with E-state index in [9.17, 15) is 21.6 Å². The van der Waals surface area contributed by atoms with Gasteiger partial charge in [-0.05, 0) is 66.9 Å². The van der Waals surface area contributed by atoms with E-state index in [0.29, 0.717) is 30.0 Å². The van der Waals surface area contributed by atoms with Crippen molar-refractivity contribution in [1.82, 2.24) is 4.31 Å². The highest BCUT2D eigenvalue weighted by Crippen LogP contribution is 2.24. The van der Waals surface area contributed by atoms with E-state index >= 15 is 0 Å². The molecule has 0 atom stereocenters. The van der Waals surface area contributed by atoms with Crippen LogP contribution < -0.4 is 9.62 Å². The van der Waals surface area contributed by atoms with Gasteiger partial charge in [-0.1, -0.05) is 43.2 Å².